The molecule has 0 bridgehead atoms. The maximum absolute atomic E-state index is 6.07. The fraction of sp³-hybridized carbons (Fsp3) is 0.263. The molecular formula is C19H19ClN4O. The first-order valence-corrected chi connectivity index (χ1v) is 8.62. The SMILES string of the molecule is CC(C)n1ncc2c1N=C(c1ccco1)N(C)C2c1ccc(Cl)cc1. The van der Waals surface area contributed by atoms with E-state index in [1.807, 2.05) is 54.3 Å². The number of aliphatic imine (C=N–C) groups is 1. The molecular weight excluding hydrogens is 336 g/mol. The van der Waals surface area contributed by atoms with Gasteiger partial charge in [-0.15, -0.1) is 0 Å². The highest BCUT2D eigenvalue weighted by Gasteiger charge is 2.33. The van der Waals surface area contributed by atoms with E-state index < -0.39 is 0 Å². The van der Waals surface area contributed by atoms with E-state index in [4.69, 9.17) is 21.0 Å². The van der Waals surface area contributed by atoms with Crippen LogP contribution in [0.2, 0.25) is 5.02 Å². The lowest BCUT2D eigenvalue weighted by Gasteiger charge is -2.33. The number of fused-ring (bicyclic) bond motifs is 1. The fourth-order valence-corrected chi connectivity index (χ4v) is 3.37. The highest BCUT2D eigenvalue weighted by molar-refractivity contribution is 6.30. The van der Waals surface area contributed by atoms with E-state index in [1.165, 1.54) is 0 Å². The molecule has 0 fully saturated rings. The summed E-state index contributed by atoms with van der Waals surface area (Å²) in [5.74, 6) is 2.41. The molecule has 0 spiro atoms. The second kappa shape index (κ2) is 6.08. The predicted octanol–water partition coefficient (Wildman–Crippen LogP) is 4.82. The van der Waals surface area contributed by atoms with Crippen LogP contribution in [0.25, 0.3) is 0 Å². The second-order valence-electron chi connectivity index (χ2n) is 6.44. The van der Waals surface area contributed by atoms with Gasteiger partial charge < -0.3 is 9.32 Å². The van der Waals surface area contributed by atoms with Crippen LogP contribution in [0.5, 0.6) is 0 Å². The van der Waals surface area contributed by atoms with E-state index in [2.05, 4.69) is 23.8 Å². The Hall–Kier alpha value is -2.53. The number of nitrogens with zero attached hydrogens (tertiary/aromatic N) is 4. The van der Waals surface area contributed by atoms with Crippen molar-refractivity contribution in [2.45, 2.75) is 25.9 Å². The van der Waals surface area contributed by atoms with Crippen LogP contribution < -0.4 is 0 Å². The molecule has 0 amide bonds. The van der Waals surface area contributed by atoms with Crippen LogP contribution >= 0.6 is 11.6 Å². The maximum Gasteiger partial charge on any atom is 0.174 e. The third kappa shape index (κ3) is 2.65. The van der Waals surface area contributed by atoms with E-state index in [9.17, 15) is 0 Å². The van der Waals surface area contributed by atoms with Gasteiger partial charge in [0.25, 0.3) is 0 Å². The monoisotopic (exact) mass is 354 g/mol. The average Bonchev–Trinajstić information content (AvgIpc) is 3.24. The van der Waals surface area contributed by atoms with Gasteiger partial charge in [-0.25, -0.2) is 9.67 Å². The van der Waals surface area contributed by atoms with Crippen LogP contribution in [0.1, 0.15) is 42.8 Å². The van der Waals surface area contributed by atoms with Crippen LogP contribution in [0.15, 0.2) is 58.3 Å². The summed E-state index contributed by atoms with van der Waals surface area (Å²) in [6.45, 7) is 4.20. The molecule has 1 aliphatic heterocycles. The Bertz CT molecular complexity index is 910. The molecule has 0 radical (unpaired) electrons. The van der Waals surface area contributed by atoms with Gasteiger partial charge in [-0.1, -0.05) is 23.7 Å². The van der Waals surface area contributed by atoms with Gasteiger partial charge in [0, 0.05) is 23.7 Å². The molecule has 6 heteroatoms. The van der Waals surface area contributed by atoms with Crippen LogP contribution in [0, 0.1) is 0 Å². The van der Waals surface area contributed by atoms with Crippen molar-refractivity contribution < 1.29 is 4.42 Å². The molecule has 3 heterocycles. The zero-order valence-electron chi connectivity index (χ0n) is 14.3. The number of furan rings is 1. The molecule has 1 unspecified atom stereocenters. The Morgan fingerprint density at radius 1 is 1.16 bits per heavy atom. The summed E-state index contributed by atoms with van der Waals surface area (Å²) in [5.41, 5.74) is 2.21. The number of hydrogen-bond acceptors (Lipinski definition) is 4. The normalized spacial score (nSPS) is 16.9. The van der Waals surface area contributed by atoms with E-state index in [0.29, 0.717) is 0 Å². The highest BCUT2D eigenvalue weighted by Crippen LogP contribution is 2.40. The Kier molecular flexibility index (Phi) is 3.88. The fourth-order valence-electron chi connectivity index (χ4n) is 3.25. The summed E-state index contributed by atoms with van der Waals surface area (Å²) < 4.78 is 7.57. The lowest BCUT2D eigenvalue weighted by molar-refractivity contribution is 0.406. The van der Waals surface area contributed by atoms with Crippen LogP contribution in [0.3, 0.4) is 0 Å². The van der Waals surface area contributed by atoms with Crippen molar-refractivity contribution >= 4 is 23.3 Å². The summed E-state index contributed by atoms with van der Waals surface area (Å²) in [7, 11) is 2.02. The zero-order valence-corrected chi connectivity index (χ0v) is 15.1. The smallest absolute Gasteiger partial charge is 0.174 e. The number of rotatable bonds is 3. The summed E-state index contributed by atoms with van der Waals surface area (Å²) >= 11 is 6.07. The van der Waals surface area contributed by atoms with Gasteiger partial charge in [0.1, 0.15) is 0 Å². The first kappa shape index (κ1) is 16.0. The average molecular weight is 355 g/mol. The van der Waals surface area contributed by atoms with Gasteiger partial charge in [0.15, 0.2) is 17.4 Å². The first-order chi connectivity index (χ1) is 12.1. The maximum atomic E-state index is 6.07. The highest BCUT2D eigenvalue weighted by atomic mass is 35.5. The molecule has 0 aliphatic carbocycles. The molecule has 1 aromatic carbocycles. The molecule has 0 N–H and O–H groups in total. The van der Waals surface area contributed by atoms with Gasteiger partial charge in [-0.2, -0.15) is 5.10 Å². The molecule has 0 saturated carbocycles. The molecule has 1 aliphatic rings. The molecule has 1 atom stereocenters. The van der Waals surface area contributed by atoms with Crippen molar-refractivity contribution in [3.05, 3.63) is 70.8 Å². The van der Waals surface area contributed by atoms with Crippen molar-refractivity contribution in [3.8, 4) is 0 Å². The molecule has 2 aromatic heterocycles. The van der Waals surface area contributed by atoms with Gasteiger partial charge in [0.2, 0.25) is 0 Å². The first-order valence-electron chi connectivity index (χ1n) is 8.24. The van der Waals surface area contributed by atoms with Gasteiger partial charge in [0.05, 0.1) is 18.5 Å². The molecule has 5 nitrogen and oxygen atoms in total. The molecule has 128 valence electrons. The Labute approximate surface area is 151 Å². The molecule has 3 aromatic rings. The quantitative estimate of drug-likeness (QED) is 0.677. The summed E-state index contributed by atoms with van der Waals surface area (Å²) in [6.07, 6.45) is 3.58. The van der Waals surface area contributed by atoms with Crippen LogP contribution in [-0.2, 0) is 0 Å². The summed E-state index contributed by atoms with van der Waals surface area (Å²) in [6, 6.07) is 11.9. The lowest BCUT2D eigenvalue weighted by atomic mass is 9.97. The van der Waals surface area contributed by atoms with Gasteiger partial charge in [-0.3, -0.25) is 0 Å². The van der Waals surface area contributed by atoms with E-state index >= 15 is 0 Å². The Morgan fingerprint density at radius 2 is 1.92 bits per heavy atom. The number of halogens is 1. The Balaban J connectivity index is 1.91. The molecule has 25 heavy (non-hydrogen) atoms. The van der Waals surface area contributed by atoms with Crippen LogP contribution in [-0.4, -0.2) is 27.6 Å². The van der Waals surface area contributed by atoms with Gasteiger partial charge >= 0.3 is 0 Å². The third-order valence-corrected chi connectivity index (χ3v) is 4.69. The Morgan fingerprint density at radius 3 is 2.56 bits per heavy atom. The number of amidine groups is 1. The second-order valence-corrected chi connectivity index (χ2v) is 6.88. The van der Waals surface area contributed by atoms with Crippen LogP contribution in [0.4, 0.5) is 5.82 Å². The topological polar surface area (TPSA) is 46.6 Å². The number of aromatic nitrogens is 2. The minimum absolute atomic E-state index is 0.00244. The van der Waals surface area contributed by atoms with E-state index in [1.54, 1.807) is 6.26 Å². The minimum Gasteiger partial charge on any atom is -0.461 e. The summed E-state index contributed by atoms with van der Waals surface area (Å²) in [5, 5.41) is 5.29. The van der Waals surface area contributed by atoms with E-state index in [-0.39, 0.29) is 12.1 Å². The third-order valence-electron chi connectivity index (χ3n) is 4.44. The van der Waals surface area contributed by atoms with Crippen molar-refractivity contribution in [1.29, 1.82) is 0 Å². The standard InChI is InChI=1S/C19H19ClN4O/c1-12(2)24-18-15(11-21-24)17(13-6-8-14(20)9-7-13)23(3)19(22-18)16-5-4-10-25-16/h4-12,17H,1-3H3. The van der Waals surface area contributed by atoms with E-state index in [0.717, 1.165) is 33.6 Å². The van der Waals surface area contributed by atoms with Crippen molar-refractivity contribution in [2.75, 3.05) is 7.05 Å². The zero-order chi connectivity index (χ0) is 17.6. The van der Waals surface area contributed by atoms with Gasteiger partial charge in [-0.05, 0) is 43.7 Å². The van der Waals surface area contributed by atoms with Crippen molar-refractivity contribution in [1.82, 2.24) is 14.7 Å². The molecule has 0 saturated heterocycles. The predicted molar refractivity (Wildman–Crippen MR) is 98.6 cm³/mol. The molecule has 4 rings (SSSR count). The van der Waals surface area contributed by atoms with Crippen molar-refractivity contribution in [2.24, 2.45) is 4.99 Å². The minimum atomic E-state index is -0.00244. The summed E-state index contributed by atoms with van der Waals surface area (Å²) in [4.78, 5) is 6.99. The van der Waals surface area contributed by atoms with Crippen molar-refractivity contribution in [3.63, 3.8) is 0 Å². The lowest BCUT2D eigenvalue weighted by Crippen LogP contribution is -2.34. The number of hydrogen-bond donors (Lipinski definition) is 0. The largest absolute Gasteiger partial charge is 0.461 e. The number of benzene rings is 1.